The molecule has 2 fully saturated rings. The van der Waals surface area contributed by atoms with Crippen LogP contribution in [-0.4, -0.2) is 15.1 Å². The number of imidazole rings is 1. The number of hydrogen-bond donors (Lipinski definition) is 1. The van der Waals surface area contributed by atoms with Crippen molar-refractivity contribution in [3.63, 3.8) is 0 Å². The van der Waals surface area contributed by atoms with Crippen molar-refractivity contribution >= 4 is 22.6 Å². The molecule has 2 aliphatic carbocycles. The van der Waals surface area contributed by atoms with Gasteiger partial charge in [0.25, 0.3) is 0 Å². The first-order valence-electron chi connectivity index (χ1n) is 8.11. The first kappa shape index (κ1) is 13.6. The summed E-state index contributed by atoms with van der Waals surface area (Å²) >= 11 is 6.43. The summed E-state index contributed by atoms with van der Waals surface area (Å²) in [4.78, 5) is 4.87. The van der Waals surface area contributed by atoms with E-state index in [2.05, 4.69) is 10.6 Å². The normalized spacial score (nSPS) is 21.8. The molecule has 0 unspecified atom stereocenters. The zero-order valence-electron chi connectivity index (χ0n) is 12.3. The molecule has 21 heavy (non-hydrogen) atoms. The van der Waals surface area contributed by atoms with Gasteiger partial charge in [0.15, 0.2) is 0 Å². The van der Waals surface area contributed by atoms with E-state index in [-0.39, 0.29) is 5.54 Å². The van der Waals surface area contributed by atoms with Crippen molar-refractivity contribution in [1.82, 2.24) is 9.55 Å². The minimum atomic E-state index is -0.0707. The molecule has 0 atom stereocenters. The zero-order valence-corrected chi connectivity index (χ0v) is 13.1. The fourth-order valence-electron chi connectivity index (χ4n) is 3.75. The second kappa shape index (κ2) is 4.99. The Hall–Kier alpha value is -1.06. The van der Waals surface area contributed by atoms with Gasteiger partial charge in [-0.2, -0.15) is 0 Å². The van der Waals surface area contributed by atoms with Crippen LogP contribution >= 0.6 is 11.6 Å². The standard InChI is InChI=1S/C17H22ClN3/c18-13-5-4-6-14-16(13)21(12-7-8-12)15(20-14)11-17(19)9-2-1-3-10-17/h4-6,12H,1-3,7-11,19H2. The van der Waals surface area contributed by atoms with Crippen LogP contribution in [0.25, 0.3) is 11.0 Å². The van der Waals surface area contributed by atoms with Gasteiger partial charge in [-0.25, -0.2) is 4.98 Å². The highest BCUT2D eigenvalue weighted by molar-refractivity contribution is 6.35. The van der Waals surface area contributed by atoms with Crippen molar-refractivity contribution in [3.05, 3.63) is 29.0 Å². The second-order valence-corrected chi connectivity index (χ2v) is 7.24. The lowest BCUT2D eigenvalue weighted by Gasteiger charge is -2.33. The third-order valence-electron chi connectivity index (χ3n) is 5.01. The van der Waals surface area contributed by atoms with E-state index >= 15 is 0 Å². The van der Waals surface area contributed by atoms with Gasteiger partial charge in [0, 0.05) is 18.0 Å². The zero-order chi connectivity index (χ0) is 14.4. The lowest BCUT2D eigenvalue weighted by Crippen LogP contribution is -2.44. The molecule has 0 aliphatic heterocycles. The summed E-state index contributed by atoms with van der Waals surface area (Å²) in [6, 6.07) is 6.59. The molecule has 3 nitrogen and oxygen atoms in total. The molecule has 1 aromatic heterocycles. The van der Waals surface area contributed by atoms with Crippen molar-refractivity contribution in [2.45, 2.75) is 62.9 Å². The Balaban J connectivity index is 1.77. The Bertz CT molecular complexity index is 666. The first-order valence-corrected chi connectivity index (χ1v) is 8.48. The molecule has 0 bridgehead atoms. The van der Waals surface area contributed by atoms with Crippen LogP contribution in [0.5, 0.6) is 0 Å². The summed E-state index contributed by atoms with van der Waals surface area (Å²) < 4.78 is 2.38. The van der Waals surface area contributed by atoms with Crippen molar-refractivity contribution in [2.75, 3.05) is 0 Å². The van der Waals surface area contributed by atoms with Gasteiger partial charge in [0.1, 0.15) is 5.82 Å². The van der Waals surface area contributed by atoms with Gasteiger partial charge in [0.2, 0.25) is 0 Å². The molecule has 112 valence electrons. The molecular formula is C17H22ClN3. The molecule has 4 heteroatoms. The molecular weight excluding hydrogens is 282 g/mol. The minimum absolute atomic E-state index is 0.0707. The van der Waals surface area contributed by atoms with Crippen LogP contribution in [0.4, 0.5) is 0 Å². The highest BCUT2D eigenvalue weighted by Crippen LogP contribution is 2.41. The molecule has 1 heterocycles. The van der Waals surface area contributed by atoms with Gasteiger partial charge in [-0.1, -0.05) is 36.9 Å². The molecule has 0 saturated heterocycles. The molecule has 0 amide bonds. The van der Waals surface area contributed by atoms with Crippen molar-refractivity contribution in [1.29, 1.82) is 0 Å². The predicted octanol–water partition coefficient (Wildman–Crippen LogP) is 4.23. The number of fused-ring (bicyclic) bond motifs is 1. The van der Waals surface area contributed by atoms with E-state index in [0.717, 1.165) is 41.1 Å². The van der Waals surface area contributed by atoms with E-state index in [4.69, 9.17) is 22.3 Å². The van der Waals surface area contributed by atoms with Gasteiger partial charge >= 0.3 is 0 Å². The Labute approximate surface area is 130 Å². The highest BCUT2D eigenvalue weighted by atomic mass is 35.5. The molecule has 4 rings (SSSR count). The monoisotopic (exact) mass is 303 g/mol. The van der Waals surface area contributed by atoms with E-state index in [9.17, 15) is 0 Å². The van der Waals surface area contributed by atoms with Crippen LogP contribution in [0.2, 0.25) is 5.02 Å². The fraction of sp³-hybridized carbons (Fsp3) is 0.588. The van der Waals surface area contributed by atoms with E-state index < -0.39 is 0 Å². The fourth-order valence-corrected chi connectivity index (χ4v) is 4.01. The summed E-state index contributed by atoms with van der Waals surface area (Å²) in [5.41, 5.74) is 8.71. The molecule has 2 saturated carbocycles. The number of para-hydroxylation sites is 1. The molecule has 2 aromatic rings. The average molecular weight is 304 g/mol. The van der Waals surface area contributed by atoms with Gasteiger partial charge in [0.05, 0.1) is 16.1 Å². The number of rotatable bonds is 3. The second-order valence-electron chi connectivity index (χ2n) is 6.84. The lowest BCUT2D eigenvalue weighted by molar-refractivity contribution is 0.287. The summed E-state index contributed by atoms with van der Waals surface area (Å²) in [5, 5.41) is 0.813. The van der Waals surface area contributed by atoms with Crippen LogP contribution in [0.15, 0.2) is 18.2 Å². The quantitative estimate of drug-likeness (QED) is 0.922. The van der Waals surface area contributed by atoms with Crippen LogP contribution in [0.1, 0.15) is 56.8 Å². The molecule has 0 spiro atoms. The molecule has 1 aromatic carbocycles. The molecule has 0 radical (unpaired) electrons. The maximum absolute atomic E-state index is 6.65. The molecule has 2 N–H and O–H groups in total. The lowest BCUT2D eigenvalue weighted by atomic mass is 9.80. The number of benzene rings is 1. The van der Waals surface area contributed by atoms with E-state index in [1.54, 1.807) is 0 Å². The number of nitrogens with two attached hydrogens (primary N) is 1. The van der Waals surface area contributed by atoms with Crippen molar-refractivity contribution in [3.8, 4) is 0 Å². The number of halogens is 1. The van der Waals surface area contributed by atoms with Gasteiger partial charge < -0.3 is 10.3 Å². The third kappa shape index (κ3) is 2.47. The summed E-state index contributed by atoms with van der Waals surface area (Å²) in [6.45, 7) is 0. The largest absolute Gasteiger partial charge is 0.325 e. The van der Waals surface area contributed by atoms with Crippen LogP contribution in [0.3, 0.4) is 0 Å². The maximum Gasteiger partial charge on any atom is 0.112 e. The van der Waals surface area contributed by atoms with Crippen LogP contribution in [0, 0.1) is 0 Å². The van der Waals surface area contributed by atoms with Gasteiger partial charge in [-0.15, -0.1) is 0 Å². The molecule has 2 aliphatic rings. The number of aromatic nitrogens is 2. The van der Waals surface area contributed by atoms with Crippen LogP contribution < -0.4 is 5.73 Å². The summed E-state index contributed by atoms with van der Waals surface area (Å²) in [7, 11) is 0. The maximum atomic E-state index is 6.65. The van der Waals surface area contributed by atoms with E-state index in [0.29, 0.717) is 6.04 Å². The Morgan fingerprint density at radius 3 is 2.71 bits per heavy atom. The Kier molecular flexibility index (Phi) is 3.23. The van der Waals surface area contributed by atoms with Gasteiger partial charge in [-0.3, -0.25) is 0 Å². The summed E-state index contributed by atoms with van der Waals surface area (Å²) in [6.07, 6.45) is 9.42. The summed E-state index contributed by atoms with van der Waals surface area (Å²) in [5.74, 6) is 1.14. The predicted molar refractivity (Wildman–Crippen MR) is 86.7 cm³/mol. The number of hydrogen-bond acceptors (Lipinski definition) is 2. The Morgan fingerprint density at radius 2 is 2.00 bits per heavy atom. The topological polar surface area (TPSA) is 43.8 Å². The first-order chi connectivity index (χ1) is 10.2. The smallest absolute Gasteiger partial charge is 0.112 e. The van der Waals surface area contributed by atoms with Gasteiger partial charge in [-0.05, 0) is 37.8 Å². The van der Waals surface area contributed by atoms with Crippen LogP contribution in [-0.2, 0) is 6.42 Å². The van der Waals surface area contributed by atoms with E-state index in [1.807, 2.05) is 12.1 Å². The Morgan fingerprint density at radius 1 is 1.24 bits per heavy atom. The number of nitrogens with zero attached hydrogens (tertiary/aromatic N) is 2. The van der Waals surface area contributed by atoms with Crippen molar-refractivity contribution < 1.29 is 0 Å². The minimum Gasteiger partial charge on any atom is -0.325 e. The third-order valence-corrected chi connectivity index (χ3v) is 5.31. The van der Waals surface area contributed by atoms with Crippen molar-refractivity contribution in [2.24, 2.45) is 5.73 Å². The highest BCUT2D eigenvalue weighted by Gasteiger charge is 2.34. The van der Waals surface area contributed by atoms with E-state index in [1.165, 1.54) is 32.1 Å². The average Bonchev–Trinajstić information content (AvgIpc) is 3.22. The SMILES string of the molecule is NC1(Cc2nc3cccc(Cl)c3n2C2CC2)CCCCC1.